The van der Waals surface area contributed by atoms with E-state index in [9.17, 15) is 4.79 Å². The SMILES string of the molecule is CCc1nnc(NC(=O)CSc2nnc(-c3cccnc3)n2CC(C)C)s1. The molecule has 3 heterocycles. The van der Waals surface area contributed by atoms with E-state index in [0.717, 1.165) is 29.4 Å². The minimum atomic E-state index is -0.138. The Balaban J connectivity index is 1.70. The molecule has 0 spiro atoms. The van der Waals surface area contributed by atoms with Crippen LogP contribution < -0.4 is 5.32 Å². The molecule has 0 bridgehead atoms. The number of nitrogens with one attached hydrogen (secondary N) is 1. The third-order valence-corrected chi connectivity index (χ3v) is 5.48. The van der Waals surface area contributed by atoms with Crippen LogP contribution >= 0.6 is 23.1 Å². The Kier molecular flexibility index (Phi) is 6.51. The number of pyridine rings is 1. The molecular weight excluding hydrogens is 382 g/mol. The second-order valence-electron chi connectivity index (χ2n) is 6.24. The van der Waals surface area contributed by atoms with E-state index >= 15 is 0 Å². The Labute approximate surface area is 165 Å². The summed E-state index contributed by atoms with van der Waals surface area (Å²) in [5, 5.41) is 21.5. The standard InChI is InChI=1S/C17H21N7OS2/c1-4-14-20-22-16(27-14)19-13(25)10-26-17-23-21-15(24(17)9-11(2)3)12-6-5-7-18-8-12/h5-8,11H,4,9-10H2,1-3H3,(H,19,22,25). The number of amides is 1. The van der Waals surface area contributed by atoms with Gasteiger partial charge in [0.25, 0.3) is 0 Å². The summed E-state index contributed by atoms with van der Waals surface area (Å²) in [6.07, 6.45) is 4.30. The lowest BCUT2D eigenvalue weighted by Gasteiger charge is -2.12. The highest BCUT2D eigenvalue weighted by Gasteiger charge is 2.17. The van der Waals surface area contributed by atoms with Crippen molar-refractivity contribution in [2.75, 3.05) is 11.1 Å². The lowest BCUT2D eigenvalue weighted by atomic mass is 10.2. The number of carbonyl (C=O) groups is 1. The van der Waals surface area contributed by atoms with Gasteiger partial charge in [0, 0.05) is 24.5 Å². The molecule has 0 radical (unpaired) electrons. The highest BCUT2D eigenvalue weighted by Crippen LogP contribution is 2.25. The Hall–Kier alpha value is -2.33. The largest absolute Gasteiger partial charge is 0.302 e. The molecule has 27 heavy (non-hydrogen) atoms. The minimum absolute atomic E-state index is 0.138. The van der Waals surface area contributed by atoms with Gasteiger partial charge in [-0.15, -0.1) is 20.4 Å². The topological polar surface area (TPSA) is 98.5 Å². The maximum absolute atomic E-state index is 12.2. The molecule has 0 aliphatic rings. The number of rotatable bonds is 8. The van der Waals surface area contributed by atoms with Crippen LogP contribution in [-0.2, 0) is 17.8 Å². The van der Waals surface area contributed by atoms with E-state index in [-0.39, 0.29) is 11.7 Å². The van der Waals surface area contributed by atoms with E-state index in [1.807, 2.05) is 23.6 Å². The first-order chi connectivity index (χ1) is 13.1. The van der Waals surface area contributed by atoms with E-state index in [1.165, 1.54) is 23.1 Å². The maximum Gasteiger partial charge on any atom is 0.236 e. The van der Waals surface area contributed by atoms with Gasteiger partial charge in [0.1, 0.15) is 5.01 Å². The van der Waals surface area contributed by atoms with E-state index in [0.29, 0.717) is 16.2 Å². The van der Waals surface area contributed by atoms with Gasteiger partial charge in [-0.2, -0.15) is 0 Å². The number of anilines is 1. The number of thioether (sulfide) groups is 1. The first-order valence-electron chi connectivity index (χ1n) is 8.65. The zero-order valence-corrected chi connectivity index (χ0v) is 17.0. The van der Waals surface area contributed by atoms with Gasteiger partial charge in [0.2, 0.25) is 11.0 Å². The summed E-state index contributed by atoms with van der Waals surface area (Å²) < 4.78 is 2.04. The van der Waals surface area contributed by atoms with Crippen LogP contribution in [0.4, 0.5) is 5.13 Å². The van der Waals surface area contributed by atoms with Crippen molar-refractivity contribution in [1.82, 2.24) is 29.9 Å². The van der Waals surface area contributed by atoms with Crippen LogP contribution in [0.2, 0.25) is 0 Å². The van der Waals surface area contributed by atoms with Gasteiger partial charge in [-0.1, -0.05) is 43.9 Å². The molecule has 3 aromatic rings. The van der Waals surface area contributed by atoms with Crippen LogP contribution in [-0.4, -0.2) is 41.6 Å². The van der Waals surface area contributed by atoms with Crippen molar-refractivity contribution >= 4 is 34.1 Å². The van der Waals surface area contributed by atoms with E-state index in [4.69, 9.17) is 0 Å². The van der Waals surface area contributed by atoms with Crippen molar-refractivity contribution in [1.29, 1.82) is 0 Å². The zero-order valence-electron chi connectivity index (χ0n) is 15.4. The van der Waals surface area contributed by atoms with E-state index in [2.05, 4.69) is 44.5 Å². The number of aryl methyl sites for hydroxylation is 1. The number of aromatic nitrogens is 6. The number of hydrogen-bond donors (Lipinski definition) is 1. The minimum Gasteiger partial charge on any atom is -0.302 e. The predicted octanol–water partition coefficient (Wildman–Crippen LogP) is 3.14. The molecule has 0 aromatic carbocycles. The molecule has 0 atom stereocenters. The second-order valence-corrected chi connectivity index (χ2v) is 8.25. The molecule has 0 aliphatic carbocycles. The van der Waals surface area contributed by atoms with Crippen LogP contribution in [0.1, 0.15) is 25.8 Å². The summed E-state index contributed by atoms with van der Waals surface area (Å²) >= 11 is 2.75. The molecule has 0 saturated carbocycles. The number of carbonyl (C=O) groups excluding carboxylic acids is 1. The normalized spacial score (nSPS) is 11.1. The first-order valence-corrected chi connectivity index (χ1v) is 10.5. The van der Waals surface area contributed by atoms with Gasteiger partial charge in [-0.3, -0.25) is 15.1 Å². The van der Waals surface area contributed by atoms with Crippen LogP contribution in [0.15, 0.2) is 29.7 Å². The first kappa shape index (κ1) is 19.4. The average molecular weight is 404 g/mol. The van der Waals surface area contributed by atoms with Crippen molar-refractivity contribution in [2.24, 2.45) is 5.92 Å². The lowest BCUT2D eigenvalue weighted by Crippen LogP contribution is -2.15. The molecule has 8 nitrogen and oxygen atoms in total. The highest BCUT2D eigenvalue weighted by atomic mass is 32.2. The Bertz CT molecular complexity index is 892. The summed E-state index contributed by atoms with van der Waals surface area (Å²) in [5.41, 5.74) is 0.905. The molecule has 1 amide bonds. The van der Waals surface area contributed by atoms with Crippen LogP contribution in [0, 0.1) is 5.92 Å². The average Bonchev–Trinajstić information content (AvgIpc) is 3.27. The fourth-order valence-electron chi connectivity index (χ4n) is 2.37. The molecular formula is C17H21N7OS2. The molecule has 0 aliphatic heterocycles. The van der Waals surface area contributed by atoms with Crippen LogP contribution in [0.5, 0.6) is 0 Å². The van der Waals surface area contributed by atoms with Crippen LogP contribution in [0.25, 0.3) is 11.4 Å². The Morgan fingerprint density at radius 1 is 1.30 bits per heavy atom. The lowest BCUT2D eigenvalue weighted by molar-refractivity contribution is -0.113. The predicted molar refractivity (Wildman–Crippen MR) is 107 cm³/mol. The van der Waals surface area contributed by atoms with Gasteiger partial charge >= 0.3 is 0 Å². The van der Waals surface area contributed by atoms with Gasteiger partial charge in [-0.25, -0.2) is 0 Å². The van der Waals surface area contributed by atoms with Gasteiger partial charge in [0.15, 0.2) is 11.0 Å². The molecule has 0 fully saturated rings. The van der Waals surface area contributed by atoms with E-state index < -0.39 is 0 Å². The summed E-state index contributed by atoms with van der Waals surface area (Å²) in [4.78, 5) is 16.4. The Morgan fingerprint density at radius 2 is 2.15 bits per heavy atom. The van der Waals surface area contributed by atoms with Crippen molar-refractivity contribution in [3.05, 3.63) is 29.5 Å². The van der Waals surface area contributed by atoms with Gasteiger partial charge in [0.05, 0.1) is 5.75 Å². The van der Waals surface area contributed by atoms with Gasteiger partial charge in [-0.05, 0) is 24.5 Å². The van der Waals surface area contributed by atoms with Crippen LogP contribution in [0.3, 0.4) is 0 Å². The van der Waals surface area contributed by atoms with Gasteiger partial charge < -0.3 is 4.57 Å². The highest BCUT2D eigenvalue weighted by molar-refractivity contribution is 7.99. The molecule has 142 valence electrons. The summed E-state index contributed by atoms with van der Waals surface area (Å²) in [6.45, 7) is 7.03. The maximum atomic E-state index is 12.2. The molecule has 1 N–H and O–H groups in total. The molecule has 3 rings (SSSR count). The fraction of sp³-hybridized carbons (Fsp3) is 0.412. The zero-order chi connectivity index (χ0) is 19.2. The van der Waals surface area contributed by atoms with Crippen molar-refractivity contribution in [3.63, 3.8) is 0 Å². The molecule has 3 aromatic heterocycles. The summed E-state index contributed by atoms with van der Waals surface area (Å²) in [7, 11) is 0. The molecule has 0 unspecified atom stereocenters. The van der Waals surface area contributed by atoms with Crippen molar-refractivity contribution in [2.45, 2.75) is 38.9 Å². The molecule has 10 heteroatoms. The monoisotopic (exact) mass is 403 g/mol. The van der Waals surface area contributed by atoms with Crippen molar-refractivity contribution in [3.8, 4) is 11.4 Å². The van der Waals surface area contributed by atoms with E-state index in [1.54, 1.807) is 12.4 Å². The molecule has 0 saturated heterocycles. The second kappa shape index (κ2) is 9.05. The fourth-order valence-corrected chi connectivity index (χ4v) is 3.81. The third-order valence-electron chi connectivity index (χ3n) is 3.53. The summed E-state index contributed by atoms with van der Waals surface area (Å²) in [5.74, 6) is 1.26. The third kappa shape index (κ3) is 5.10. The smallest absolute Gasteiger partial charge is 0.236 e. The summed E-state index contributed by atoms with van der Waals surface area (Å²) in [6, 6.07) is 3.83. The number of nitrogens with zero attached hydrogens (tertiary/aromatic N) is 6. The van der Waals surface area contributed by atoms with Crippen molar-refractivity contribution < 1.29 is 4.79 Å². The number of hydrogen-bond acceptors (Lipinski definition) is 8. The quantitative estimate of drug-likeness (QED) is 0.577. The Morgan fingerprint density at radius 3 is 2.81 bits per heavy atom.